The zero-order chi connectivity index (χ0) is 18.7. The van der Waals surface area contributed by atoms with Crippen LogP contribution in [0.3, 0.4) is 0 Å². The van der Waals surface area contributed by atoms with Gasteiger partial charge >= 0.3 is 0 Å². The molecular weight excluding hydrogens is 352 g/mol. The molecule has 1 unspecified atom stereocenters. The number of ether oxygens (including phenoxy) is 1. The molecule has 1 aliphatic rings. The SMILES string of the molecule is CCN(c1cc(Nc2cc(C)ccc2OC)ncn1)C1CCS(=O)(=O)C1. The van der Waals surface area contributed by atoms with Gasteiger partial charge in [0.1, 0.15) is 23.7 Å². The molecule has 1 aromatic heterocycles. The first-order valence-corrected chi connectivity index (χ1v) is 10.4. The summed E-state index contributed by atoms with van der Waals surface area (Å²) >= 11 is 0. The molecule has 1 aliphatic heterocycles. The lowest BCUT2D eigenvalue weighted by Gasteiger charge is -2.28. The summed E-state index contributed by atoms with van der Waals surface area (Å²) in [5.41, 5.74) is 1.93. The Bertz CT molecular complexity index is 886. The molecule has 2 aromatic rings. The van der Waals surface area contributed by atoms with Gasteiger partial charge in [-0.05, 0) is 38.0 Å². The minimum atomic E-state index is -2.95. The van der Waals surface area contributed by atoms with Crippen LogP contribution < -0.4 is 15.0 Å². The standard InChI is InChI=1S/C18H24N4O3S/c1-4-22(14-7-8-26(23,24)11-14)18-10-17(19-12-20-18)21-15-9-13(2)5-6-16(15)25-3/h5-6,9-10,12,14H,4,7-8,11H2,1-3H3,(H,19,20,21). The average Bonchev–Trinajstić information content (AvgIpc) is 2.96. The average molecular weight is 376 g/mol. The third-order valence-electron chi connectivity index (χ3n) is 4.55. The largest absolute Gasteiger partial charge is 0.495 e. The maximum absolute atomic E-state index is 11.8. The van der Waals surface area contributed by atoms with Crippen molar-refractivity contribution in [3.63, 3.8) is 0 Å². The zero-order valence-corrected chi connectivity index (χ0v) is 16.1. The molecule has 140 valence electrons. The molecular formula is C18H24N4O3S. The Labute approximate surface area is 154 Å². The Morgan fingerprint density at radius 3 is 2.77 bits per heavy atom. The molecule has 1 aromatic carbocycles. The summed E-state index contributed by atoms with van der Waals surface area (Å²) < 4.78 is 29.0. The number of benzene rings is 1. The van der Waals surface area contributed by atoms with Crippen LogP contribution in [0, 0.1) is 6.92 Å². The number of nitrogens with one attached hydrogen (secondary N) is 1. The van der Waals surface area contributed by atoms with Crippen molar-refractivity contribution < 1.29 is 13.2 Å². The maximum atomic E-state index is 11.8. The second kappa shape index (κ2) is 7.49. The van der Waals surface area contributed by atoms with Crippen molar-refractivity contribution in [3.8, 4) is 5.75 Å². The van der Waals surface area contributed by atoms with Gasteiger partial charge in [-0.2, -0.15) is 0 Å². The van der Waals surface area contributed by atoms with E-state index in [1.165, 1.54) is 6.33 Å². The highest BCUT2D eigenvalue weighted by atomic mass is 32.2. The minimum absolute atomic E-state index is 0.0405. The Morgan fingerprint density at radius 2 is 2.12 bits per heavy atom. The molecule has 1 fully saturated rings. The van der Waals surface area contributed by atoms with Crippen molar-refractivity contribution in [1.82, 2.24) is 9.97 Å². The fraction of sp³-hybridized carbons (Fsp3) is 0.444. The number of aryl methyl sites for hydroxylation is 1. The van der Waals surface area contributed by atoms with Crippen LogP contribution in [0.4, 0.5) is 17.3 Å². The number of anilines is 3. The van der Waals surface area contributed by atoms with Gasteiger partial charge in [0.15, 0.2) is 9.84 Å². The van der Waals surface area contributed by atoms with Crippen molar-refractivity contribution in [1.29, 1.82) is 0 Å². The zero-order valence-electron chi connectivity index (χ0n) is 15.3. The summed E-state index contributed by atoms with van der Waals surface area (Å²) in [5.74, 6) is 2.51. The van der Waals surface area contributed by atoms with E-state index < -0.39 is 9.84 Å². The maximum Gasteiger partial charge on any atom is 0.152 e. The molecule has 1 N–H and O–H groups in total. The van der Waals surface area contributed by atoms with Crippen LogP contribution in [0.1, 0.15) is 18.9 Å². The molecule has 8 heteroatoms. The van der Waals surface area contributed by atoms with Gasteiger partial charge in [0.05, 0.1) is 24.3 Å². The predicted octanol–water partition coefficient (Wildman–Crippen LogP) is 2.55. The molecule has 2 heterocycles. The van der Waals surface area contributed by atoms with Crippen LogP contribution in [-0.2, 0) is 9.84 Å². The van der Waals surface area contributed by atoms with Crippen molar-refractivity contribution in [2.75, 3.05) is 35.4 Å². The molecule has 0 aliphatic carbocycles. The molecule has 1 saturated heterocycles. The third kappa shape index (κ3) is 4.07. The highest BCUT2D eigenvalue weighted by Crippen LogP contribution is 2.29. The van der Waals surface area contributed by atoms with E-state index in [1.54, 1.807) is 7.11 Å². The number of hydrogen-bond donors (Lipinski definition) is 1. The number of sulfone groups is 1. The van der Waals surface area contributed by atoms with Gasteiger partial charge < -0.3 is 15.0 Å². The number of hydrogen-bond acceptors (Lipinski definition) is 7. The van der Waals surface area contributed by atoms with Crippen LogP contribution >= 0.6 is 0 Å². The van der Waals surface area contributed by atoms with Crippen molar-refractivity contribution in [2.45, 2.75) is 26.3 Å². The van der Waals surface area contributed by atoms with Crippen LogP contribution in [0.5, 0.6) is 5.75 Å². The summed E-state index contributed by atoms with van der Waals surface area (Å²) in [6, 6.07) is 7.68. The summed E-state index contributed by atoms with van der Waals surface area (Å²) in [5, 5.41) is 3.27. The normalized spacial score (nSPS) is 18.5. The smallest absolute Gasteiger partial charge is 0.152 e. The van der Waals surface area contributed by atoms with Gasteiger partial charge in [0.2, 0.25) is 0 Å². The molecule has 0 spiro atoms. The van der Waals surface area contributed by atoms with Gasteiger partial charge in [0, 0.05) is 18.7 Å². The number of aromatic nitrogens is 2. The molecule has 26 heavy (non-hydrogen) atoms. The van der Waals surface area contributed by atoms with Crippen molar-refractivity contribution in [3.05, 3.63) is 36.2 Å². The van der Waals surface area contributed by atoms with E-state index in [9.17, 15) is 8.42 Å². The van der Waals surface area contributed by atoms with Gasteiger partial charge in [-0.15, -0.1) is 0 Å². The first kappa shape index (κ1) is 18.4. The van der Waals surface area contributed by atoms with Crippen molar-refractivity contribution >= 4 is 27.2 Å². The van der Waals surface area contributed by atoms with Crippen LogP contribution in [0.25, 0.3) is 0 Å². The summed E-state index contributed by atoms with van der Waals surface area (Å²) in [4.78, 5) is 10.7. The van der Waals surface area contributed by atoms with E-state index in [2.05, 4.69) is 15.3 Å². The number of nitrogens with zero attached hydrogens (tertiary/aromatic N) is 3. The highest BCUT2D eigenvalue weighted by Gasteiger charge is 2.32. The predicted molar refractivity (Wildman–Crippen MR) is 103 cm³/mol. The number of methoxy groups -OCH3 is 1. The van der Waals surface area contributed by atoms with Gasteiger partial charge in [-0.1, -0.05) is 6.07 Å². The van der Waals surface area contributed by atoms with Crippen molar-refractivity contribution in [2.24, 2.45) is 0 Å². The third-order valence-corrected chi connectivity index (χ3v) is 6.30. The fourth-order valence-corrected chi connectivity index (χ4v) is 4.99. The second-order valence-corrected chi connectivity index (χ2v) is 8.66. The lowest BCUT2D eigenvalue weighted by molar-refractivity contribution is 0.416. The first-order chi connectivity index (χ1) is 12.4. The Kier molecular flexibility index (Phi) is 5.31. The minimum Gasteiger partial charge on any atom is -0.495 e. The number of rotatable bonds is 6. The van der Waals surface area contributed by atoms with E-state index >= 15 is 0 Å². The monoisotopic (exact) mass is 376 g/mol. The molecule has 1 atom stereocenters. The molecule has 7 nitrogen and oxygen atoms in total. The highest BCUT2D eigenvalue weighted by molar-refractivity contribution is 7.91. The Balaban J connectivity index is 1.85. The Hall–Kier alpha value is -2.35. The van der Waals surface area contributed by atoms with E-state index in [0.717, 1.165) is 22.8 Å². The molecule has 0 bridgehead atoms. The van der Waals surface area contributed by atoms with E-state index in [0.29, 0.717) is 18.8 Å². The van der Waals surface area contributed by atoms with E-state index in [4.69, 9.17) is 4.74 Å². The van der Waals surface area contributed by atoms with E-state index in [1.807, 2.05) is 43.0 Å². The fourth-order valence-electron chi connectivity index (χ4n) is 3.26. The summed E-state index contributed by atoms with van der Waals surface area (Å²) in [7, 11) is -1.32. The van der Waals surface area contributed by atoms with Gasteiger partial charge in [-0.3, -0.25) is 0 Å². The van der Waals surface area contributed by atoms with Gasteiger partial charge in [-0.25, -0.2) is 18.4 Å². The van der Waals surface area contributed by atoms with Crippen LogP contribution in [-0.4, -0.2) is 49.6 Å². The van der Waals surface area contributed by atoms with E-state index in [-0.39, 0.29) is 17.5 Å². The first-order valence-electron chi connectivity index (χ1n) is 8.62. The quantitative estimate of drug-likeness (QED) is 0.829. The Morgan fingerprint density at radius 1 is 1.31 bits per heavy atom. The lowest BCUT2D eigenvalue weighted by atomic mass is 10.2. The summed E-state index contributed by atoms with van der Waals surface area (Å²) in [6.07, 6.45) is 2.13. The summed E-state index contributed by atoms with van der Waals surface area (Å²) in [6.45, 7) is 4.70. The lowest BCUT2D eigenvalue weighted by Crippen LogP contribution is -2.36. The van der Waals surface area contributed by atoms with Crippen LogP contribution in [0.15, 0.2) is 30.6 Å². The molecule has 0 saturated carbocycles. The molecule has 3 rings (SSSR count). The van der Waals surface area contributed by atoms with Crippen LogP contribution in [0.2, 0.25) is 0 Å². The topological polar surface area (TPSA) is 84.4 Å². The van der Waals surface area contributed by atoms with Gasteiger partial charge in [0.25, 0.3) is 0 Å². The molecule has 0 amide bonds. The second-order valence-electron chi connectivity index (χ2n) is 6.43. The molecule has 0 radical (unpaired) electrons.